The molecule has 0 radical (unpaired) electrons. The van der Waals surface area contributed by atoms with Crippen molar-refractivity contribution in [2.24, 2.45) is 5.92 Å². The third-order valence-electron chi connectivity index (χ3n) is 12.8. The SMILES string of the molecule is CCCCCCCCCCC(=O)OC[C@H](COP(=O)(O)OC[C@@H](O)COP(=O)(O)OC[C@@H](COC(=O)CCCCCCC)OC(=O)CCCCCCCCCC)OC(=O)CCCCCCCCCCCCCC(C)C. The molecule has 0 saturated carbocycles. The molecule has 0 spiro atoms. The van der Waals surface area contributed by atoms with E-state index in [0.717, 1.165) is 115 Å². The normalized spacial score (nSPS) is 14.5. The molecular formula is C56H108O17P2. The maximum Gasteiger partial charge on any atom is 0.472 e. The van der Waals surface area contributed by atoms with Crippen LogP contribution >= 0.6 is 15.6 Å². The van der Waals surface area contributed by atoms with E-state index in [1.165, 1.54) is 77.0 Å². The van der Waals surface area contributed by atoms with Gasteiger partial charge >= 0.3 is 39.5 Å². The first kappa shape index (κ1) is 73.1. The van der Waals surface area contributed by atoms with Crippen LogP contribution in [0.2, 0.25) is 0 Å². The molecule has 0 aliphatic carbocycles. The first-order chi connectivity index (χ1) is 36.0. The van der Waals surface area contributed by atoms with Crippen molar-refractivity contribution in [3.63, 3.8) is 0 Å². The van der Waals surface area contributed by atoms with Gasteiger partial charge in [-0.05, 0) is 31.6 Å². The minimum absolute atomic E-state index is 0.104. The van der Waals surface area contributed by atoms with Gasteiger partial charge in [-0.2, -0.15) is 0 Å². The Bertz CT molecular complexity index is 1480. The first-order valence-electron chi connectivity index (χ1n) is 29.6. The molecule has 17 nitrogen and oxygen atoms in total. The second kappa shape index (κ2) is 50.3. The number of unbranched alkanes of at least 4 members (excludes halogenated alkanes) is 28. The average Bonchev–Trinajstić information content (AvgIpc) is 3.37. The fourth-order valence-corrected chi connectivity index (χ4v) is 9.75. The lowest BCUT2D eigenvalue weighted by atomic mass is 10.0. The number of carbonyl (C=O) groups is 4. The number of hydrogen-bond acceptors (Lipinski definition) is 15. The van der Waals surface area contributed by atoms with Gasteiger partial charge in [0.15, 0.2) is 12.2 Å². The molecule has 0 heterocycles. The van der Waals surface area contributed by atoms with Crippen molar-refractivity contribution in [3.8, 4) is 0 Å². The number of aliphatic hydroxyl groups excluding tert-OH is 1. The molecule has 2 unspecified atom stereocenters. The summed E-state index contributed by atoms with van der Waals surface area (Å²) >= 11 is 0. The third kappa shape index (κ3) is 51.3. The molecule has 75 heavy (non-hydrogen) atoms. The Kier molecular flexibility index (Phi) is 49.0. The van der Waals surface area contributed by atoms with E-state index in [-0.39, 0.29) is 25.7 Å². The van der Waals surface area contributed by atoms with Crippen molar-refractivity contribution in [1.29, 1.82) is 0 Å². The molecule has 0 aromatic rings. The van der Waals surface area contributed by atoms with Gasteiger partial charge in [-0.1, -0.05) is 221 Å². The summed E-state index contributed by atoms with van der Waals surface area (Å²) in [7, 11) is -9.85. The standard InChI is InChI=1S/C56H108O17P2/c1-6-9-12-15-17-25-30-35-40-54(59)67-46-52(73-56(61)42-37-32-27-23-21-19-20-22-24-29-33-38-49(4)5)48-71-75(64,65)69-44-50(57)43-68-74(62,63)70-47-51(45-66-53(58)39-34-28-14-11-8-3)72-55(60)41-36-31-26-18-16-13-10-7-2/h49-52,57H,6-48H2,1-5H3,(H,62,63)(H,64,65)/t50-,51+,52+/m0/s1. The topological polar surface area (TPSA) is 237 Å². The summed E-state index contributed by atoms with van der Waals surface area (Å²) in [6, 6.07) is 0. The lowest BCUT2D eigenvalue weighted by Crippen LogP contribution is -2.30. The van der Waals surface area contributed by atoms with Gasteiger partial charge in [0.25, 0.3) is 0 Å². The lowest BCUT2D eigenvalue weighted by molar-refractivity contribution is -0.161. The summed E-state index contributed by atoms with van der Waals surface area (Å²) in [5.74, 6) is -1.39. The number of aliphatic hydroxyl groups is 1. The Hall–Kier alpha value is -1.94. The molecule has 0 aliphatic heterocycles. The summed E-state index contributed by atoms with van der Waals surface area (Å²) in [6.07, 6.45) is 31.2. The van der Waals surface area contributed by atoms with Crippen LogP contribution in [-0.2, 0) is 65.4 Å². The van der Waals surface area contributed by atoms with Crippen LogP contribution in [0.15, 0.2) is 0 Å². The minimum Gasteiger partial charge on any atom is -0.462 e. The molecule has 0 amide bonds. The van der Waals surface area contributed by atoms with Crippen molar-refractivity contribution in [1.82, 2.24) is 0 Å². The van der Waals surface area contributed by atoms with Gasteiger partial charge in [0.1, 0.15) is 19.3 Å². The van der Waals surface area contributed by atoms with Crippen LogP contribution in [0.25, 0.3) is 0 Å². The third-order valence-corrected chi connectivity index (χ3v) is 14.7. The van der Waals surface area contributed by atoms with Gasteiger partial charge in [-0.15, -0.1) is 0 Å². The van der Waals surface area contributed by atoms with E-state index in [4.69, 9.17) is 37.0 Å². The number of esters is 4. The molecule has 444 valence electrons. The zero-order chi connectivity index (χ0) is 55.7. The van der Waals surface area contributed by atoms with Gasteiger partial charge < -0.3 is 33.8 Å². The highest BCUT2D eigenvalue weighted by Crippen LogP contribution is 2.45. The molecule has 5 atom stereocenters. The number of hydrogen-bond donors (Lipinski definition) is 3. The van der Waals surface area contributed by atoms with Gasteiger partial charge in [0, 0.05) is 25.7 Å². The Morgan fingerprint density at radius 2 is 0.613 bits per heavy atom. The average molecular weight is 1120 g/mol. The molecule has 0 saturated heterocycles. The van der Waals surface area contributed by atoms with E-state index in [9.17, 15) is 43.2 Å². The molecule has 19 heteroatoms. The lowest BCUT2D eigenvalue weighted by Gasteiger charge is -2.21. The van der Waals surface area contributed by atoms with Gasteiger partial charge in [0.2, 0.25) is 0 Å². The fraction of sp³-hybridized carbons (Fsp3) is 0.929. The van der Waals surface area contributed by atoms with E-state index in [1.54, 1.807) is 0 Å². The fourth-order valence-electron chi connectivity index (χ4n) is 8.17. The van der Waals surface area contributed by atoms with Crippen LogP contribution in [0.1, 0.15) is 272 Å². The number of rotatable bonds is 56. The highest BCUT2D eigenvalue weighted by atomic mass is 31.2. The highest BCUT2D eigenvalue weighted by Gasteiger charge is 2.30. The predicted octanol–water partition coefficient (Wildman–Crippen LogP) is 14.7. The zero-order valence-electron chi connectivity index (χ0n) is 47.7. The summed E-state index contributed by atoms with van der Waals surface area (Å²) in [6.45, 7) is 6.99. The van der Waals surface area contributed by atoms with E-state index in [1.807, 2.05) is 0 Å². The number of ether oxygens (including phenoxy) is 4. The molecule has 0 fully saturated rings. The van der Waals surface area contributed by atoms with Crippen molar-refractivity contribution in [3.05, 3.63) is 0 Å². The van der Waals surface area contributed by atoms with E-state index in [2.05, 4.69) is 34.6 Å². The van der Waals surface area contributed by atoms with E-state index < -0.39 is 97.5 Å². The predicted molar refractivity (Wildman–Crippen MR) is 294 cm³/mol. The highest BCUT2D eigenvalue weighted by molar-refractivity contribution is 7.47. The zero-order valence-corrected chi connectivity index (χ0v) is 49.5. The molecule has 0 aromatic heterocycles. The van der Waals surface area contributed by atoms with Crippen molar-refractivity contribution in [2.45, 2.75) is 291 Å². The summed E-state index contributed by atoms with van der Waals surface area (Å²) in [5, 5.41) is 10.5. The Labute approximate surface area is 454 Å². The second-order valence-electron chi connectivity index (χ2n) is 20.8. The largest absolute Gasteiger partial charge is 0.472 e. The molecule has 0 rings (SSSR count). The molecule has 0 bridgehead atoms. The molecular weight excluding hydrogens is 1010 g/mol. The smallest absolute Gasteiger partial charge is 0.462 e. The summed E-state index contributed by atoms with van der Waals surface area (Å²) in [5.41, 5.74) is 0. The minimum atomic E-state index is -4.93. The van der Waals surface area contributed by atoms with Crippen LogP contribution in [0.3, 0.4) is 0 Å². The Balaban J connectivity index is 5.15. The molecule has 0 aromatic carbocycles. The maximum absolute atomic E-state index is 12.9. The van der Waals surface area contributed by atoms with Crippen LogP contribution in [0.5, 0.6) is 0 Å². The molecule has 3 N–H and O–H groups in total. The van der Waals surface area contributed by atoms with Gasteiger partial charge in [-0.25, -0.2) is 9.13 Å². The number of phosphoric acid groups is 2. The Morgan fingerprint density at radius 3 is 0.907 bits per heavy atom. The van der Waals surface area contributed by atoms with Crippen molar-refractivity contribution >= 4 is 39.5 Å². The summed E-state index contributed by atoms with van der Waals surface area (Å²) < 4.78 is 67.3. The summed E-state index contributed by atoms with van der Waals surface area (Å²) in [4.78, 5) is 71.4. The number of carbonyl (C=O) groups excluding carboxylic acids is 4. The second-order valence-corrected chi connectivity index (χ2v) is 23.7. The van der Waals surface area contributed by atoms with E-state index >= 15 is 0 Å². The Morgan fingerprint density at radius 1 is 0.360 bits per heavy atom. The van der Waals surface area contributed by atoms with Crippen molar-refractivity contribution in [2.75, 3.05) is 39.6 Å². The van der Waals surface area contributed by atoms with Crippen LogP contribution in [0, 0.1) is 5.92 Å². The van der Waals surface area contributed by atoms with Gasteiger partial charge in [0.05, 0.1) is 26.4 Å². The monoisotopic (exact) mass is 1110 g/mol. The van der Waals surface area contributed by atoms with Crippen LogP contribution < -0.4 is 0 Å². The quantitative estimate of drug-likeness (QED) is 0.0222. The van der Waals surface area contributed by atoms with Crippen LogP contribution in [-0.4, -0.2) is 96.7 Å². The number of phosphoric ester groups is 2. The molecule has 0 aliphatic rings. The van der Waals surface area contributed by atoms with Crippen molar-refractivity contribution < 1.29 is 80.2 Å². The van der Waals surface area contributed by atoms with E-state index in [0.29, 0.717) is 25.7 Å². The van der Waals surface area contributed by atoms with Crippen LogP contribution in [0.4, 0.5) is 0 Å². The van der Waals surface area contributed by atoms with Gasteiger partial charge in [-0.3, -0.25) is 37.3 Å². The first-order valence-corrected chi connectivity index (χ1v) is 32.6. The maximum atomic E-state index is 12.9.